The van der Waals surface area contributed by atoms with Gasteiger partial charge in [-0.3, -0.25) is 9.59 Å². The van der Waals surface area contributed by atoms with Crippen LogP contribution in [0.25, 0.3) is 22.3 Å². The van der Waals surface area contributed by atoms with Gasteiger partial charge in [0.15, 0.2) is 5.60 Å². The van der Waals surface area contributed by atoms with Gasteiger partial charge in [-0.15, -0.1) is 0 Å². The van der Waals surface area contributed by atoms with Crippen molar-refractivity contribution in [2.24, 2.45) is 5.92 Å². The fourth-order valence-corrected chi connectivity index (χ4v) is 6.80. The molecule has 3 atom stereocenters. The summed E-state index contributed by atoms with van der Waals surface area (Å²) in [4.78, 5) is 44.2. The van der Waals surface area contributed by atoms with Gasteiger partial charge in [0.05, 0.1) is 35.1 Å². The molecule has 2 aromatic heterocycles. The van der Waals surface area contributed by atoms with E-state index in [1.165, 1.54) is 0 Å². The highest BCUT2D eigenvalue weighted by molar-refractivity contribution is 6.32. The van der Waals surface area contributed by atoms with Gasteiger partial charge in [-0.25, -0.2) is 9.78 Å². The molecule has 1 fully saturated rings. The lowest BCUT2D eigenvalue weighted by molar-refractivity contribution is -0.172. The third-order valence-corrected chi connectivity index (χ3v) is 9.42. The molecular weight excluding hydrogens is 522 g/mol. The summed E-state index contributed by atoms with van der Waals surface area (Å²) < 4.78 is 6.79. The summed E-state index contributed by atoms with van der Waals surface area (Å²) in [5.74, 6) is -1.16. The fraction of sp³-hybridized carbons (Fsp3) is 0.448. The first-order valence-electron chi connectivity index (χ1n) is 13.4. The Balaban J connectivity index is 1.46. The fourth-order valence-electron chi connectivity index (χ4n) is 6.58. The van der Waals surface area contributed by atoms with E-state index in [-0.39, 0.29) is 54.1 Å². The summed E-state index contributed by atoms with van der Waals surface area (Å²) in [5.41, 5.74) is 3.68. The van der Waals surface area contributed by atoms with Gasteiger partial charge < -0.3 is 24.8 Å². The molecule has 1 amide bonds. The zero-order valence-corrected chi connectivity index (χ0v) is 22.4. The summed E-state index contributed by atoms with van der Waals surface area (Å²) in [6.45, 7) is 3.66. The summed E-state index contributed by atoms with van der Waals surface area (Å²) in [5, 5.41) is 26.3. The third kappa shape index (κ3) is 3.39. The normalized spacial score (nSPS) is 23.6. The number of aryl methyl sites for hydroxylation is 1. The van der Waals surface area contributed by atoms with Crippen LogP contribution in [-0.2, 0) is 39.5 Å². The van der Waals surface area contributed by atoms with Gasteiger partial charge in [0, 0.05) is 21.5 Å². The second kappa shape index (κ2) is 8.36. The number of carbonyl (C=O) groups is 2. The molecule has 1 aromatic carbocycles. The number of hydrogen-bond acceptors (Lipinski definition) is 7. The lowest BCUT2D eigenvalue weighted by Gasteiger charge is -2.31. The molecule has 0 radical (unpaired) electrons. The molecule has 39 heavy (non-hydrogen) atoms. The van der Waals surface area contributed by atoms with Crippen molar-refractivity contribution in [1.82, 2.24) is 14.9 Å². The van der Waals surface area contributed by atoms with Crippen LogP contribution < -0.4 is 10.9 Å². The molecule has 4 aliphatic rings. The highest BCUT2D eigenvalue weighted by Gasteiger charge is 2.46. The number of carbonyl (C=O) groups excluding carboxylic acids is 2. The number of benzene rings is 1. The number of nitrogens with one attached hydrogen (secondary N) is 1. The smallest absolute Gasteiger partial charge is 0.343 e. The topological polar surface area (TPSA) is 131 Å². The van der Waals surface area contributed by atoms with Crippen LogP contribution in [0, 0.1) is 12.8 Å². The quantitative estimate of drug-likeness (QED) is 0.334. The van der Waals surface area contributed by atoms with Crippen LogP contribution >= 0.6 is 11.6 Å². The Kier molecular flexibility index (Phi) is 5.31. The number of hydrogen-bond donors (Lipinski definition) is 3. The van der Waals surface area contributed by atoms with Gasteiger partial charge in [-0.05, 0) is 73.8 Å². The highest BCUT2D eigenvalue weighted by atomic mass is 35.5. The van der Waals surface area contributed by atoms with Crippen molar-refractivity contribution in [2.45, 2.75) is 76.9 Å². The first-order valence-corrected chi connectivity index (χ1v) is 13.8. The zero-order chi connectivity index (χ0) is 27.4. The van der Waals surface area contributed by atoms with Crippen molar-refractivity contribution in [3.05, 3.63) is 60.9 Å². The second-order valence-corrected chi connectivity index (χ2v) is 11.6. The van der Waals surface area contributed by atoms with E-state index >= 15 is 0 Å². The molecule has 3 N–H and O–H groups in total. The first kappa shape index (κ1) is 24.7. The Morgan fingerprint density at radius 3 is 2.74 bits per heavy atom. The van der Waals surface area contributed by atoms with E-state index in [2.05, 4.69) is 5.32 Å². The molecule has 0 spiro atoms. The molecule has 10 heteroatoms. The Morgan fingerprint density at radius 2 is 2.03 bits per heavy atom. The van der Waals surface area contributed by atoms with E-state index in [0.717, 1.165) is 40.5 Å². The second-order valence-electron chi connectivity index (χ2n) is 11.2. The van der Waals surface area contributed by atoms with Crippen LogP contribution in [0.5, 0.6) is 0 Å². The number of halogens is 1. The Bertz CT molecular complexity index is 1690. The minimum absolute atomic E-state index is 0.00139. The summed E-state index contributed by atoms with van der Waals surface area (Å²) in [7, 11) is 0. The molecule has 7 rings (SSSR count). The number of aromatic nitrogens is 2. The van der Waals surface area contributed by atoms with Gasteiger partial charge in [-0.2, -0.15) is 0 Å². The number of pyridine rings is 2. The monoisotopic (exact) mass is 549 g/mol. The number of cyclic esters (lactones) is 1. The van der Waals surface area contributed by atoms with E-state index in [0.29, 0.717) is 34.8 Å². The van der Waals surface area contributed by atoms with E-state index in [9.17, 15) is 24.6 Å². The van der Waals surface area contributed by atoms with Gasteiger partial charge in [-0.1, -0.05) is 18.5 Å². The predicted molar refractivity (Wildman–Crippen MR) is 142 cm³/mol. The third-order valence-electron chi connectivity index (χ3n) is 9.03. The minimum Gasteiger partial charge on any atom is -0.458 e. The number of aliphatic hydroxyl groups is 2. The number of amides is 1. The molecule has 3 aromatic rings. The van der Waals surface area contributed by atoms with Gasteiger partial charge in [0.25, 0.3) is 5.56 Å². The Morgan fingerprint density at radius 1 is 1.26 bits per heavy atom. The lowest BCUT2D eigenvalue weighted by Crippen LogP contribution is -2.44. The summed E-state index contributed by atoms with van der Waals surface area (Å²) >= 11 is 6.61. The summed E-state index contributed by atoms with van der Waals surface area (Å²) in [6.07, 6.45) is 2.00. The van der Waals surface area contributed by atoms with E-state index < -0.39 is 17.7 Å². The maximum absolute atomic E-state index is 13.7. The maximum atomic E-state index is 13.7. The number of ether oxygens (including phenoxy) is 1. The molecule has 2 aliphatic heterocycles. The van der Waals surface area contributed by atoms with Crippen LogP contribution in [-0.4, -0.2) is 37.7 Å². The summed E-state index contributed by atoms with van der Waals surface area (Å²) in [6, 6.07) is 3.11. The maximum Gasteiger partial charge on any atom is 0.343 e. The minimum atomic E-state index is -1.92. The first-order chi connectivity index (χ1) is 18.6. The zero-order valence-electron chi connectivity index (χ0n) is 21.6. The van der Waals surface area contributed by atoms with Crippen molar-refractivity contribution in [2.75, 3.05) is 0 Å². The molecule has 4 heterocycles. The average Bonchev–Trinajstić information content (AvgIpc) is 3.71. The van der Waals surface area contributed by atoms with E-state index in [1.807, 2.05) is 13.0 Å². The van der Waals surface area contributed by atoms with Crippen molar-refractivity contribution in [3.63, 3.8) is 0 Å². The van der Waals surface area contributed by atoms with Gasteiger partial charge in [0.2, 0.25) is 5.91 Å². The molecule has 202 valence electrons. The highest BCUT2D eigenvalue weighted by Crippen LogP contribution is 2.46. The molecule has 9 nitrogen and oxygen atoms in total. The van der Waals surface area contributed by atoms with Gasteiger partial charge >= 0.3 is 5.97 Å². The van der Waals surface area contributed by atoms with E-state index in [4.69, 9.17) is 21.3 Å². The van der Waals surface area contributed by atoms with Crippen LogP contribution in [0.3, 0.4) is 0 Å². The van der Waals surface area contributed by atoms with Crippen LogP contribution in [0.1, 0.15) is 72.0 Å². The molecule has 0 bridgehead atoms. The SMILES string of the molecule is CC[C@@]1(O)C(=O)OCc2c1cc1n(c2=O)Cc2c-1nc1cc(Cl)c(C)c3c1c2[C@@H](NC(=O)[C@H](O)C1CC1)CC3. The molecule has 1 saturated carbocycles. The van der Waals surface area contributed by atoms with Gasteiger partial charge in [0.1, 0.15) is 12.7 Å². The number of fused-ring (bicyclic) bond motifs is 5. The number of rotatable bonds is 4. The van der Waals surface area contributed by atoms with Crippen LogP contribution in [0.4, 0.5) is 0 Å². The van der Waals surface area contributed by atoms with E-state index in [1.54, 1.807) is 17.6 Å². The standard InChI is InChI=1S/C29H28ClN3O6/c1-3-29(38)17-8-21-24-15(10-33(21)27(36)16(17)11-39-28(29)37)23-19(32-26(35)25(34)13-4-5-13)7-6-14-12(2)18(30)9-20(31-24)22(14)23/h8-9,13,19,25,34,38H,3-7,10-11H2,1-2H3,(H,32,35)/t19-,25+,29-/m0/s1. The number of esters is 1. The number of aliphatic hydroxyl groups excluding tert-OH is 1. The molecular formula is C29H28ClN3O6. The predicted octanol–water partition coefficient (Wildman–Crippen LogP) is 2.92. The number of nitrogens with zero attached hydrogens (tertiary/aromatic N) is 2. The Labute approximate surface area is 228 Å². The van der Waals surface area contributed by atoms with Crippen molar-refractivity contribution >= 4 is 34.4 Å². The molecule has 2 aliphatic carbocycles. The van der Waals surface area contributed by atoms with Crippen molar-refractivity contribution in [3.8, 4) is 11.4 Å². The molecule has 0 unspecified atom stereocenters. The van der Waals surface area contributed by atoms with Crippen LogP contribution in [0.15, 0.2) is 16.9 Å². The van der Waals surface area contributed by atoms with Crippen LogP contribution in [0.2, 0.25) is 5.02 Å². The lowest BCUT2D eigenvalue weighted by atomic mass is 9.81. The van der Waals surface area contributed by atoms with Crippen molar-refractivity contribution in [1.29, 1.82) is 0 Å². The van der Waals surface area contributed by atoms with Crippen molar-refractivity contribution < 1.29 is 24.5 Å². The average molecular weight is 550 g/mol. The largest absolute Gasteiger partial charge is 0.458 e. The Hall–Kier alpha value is -3.27. The molecule has 0 saturated heterocycles.